The fourth-order valence-electron chi connectivity index (χ4n) is 1.02. The lowest BCUT2D eigenvalue weighted by Crippen LogP contribution is -2.45. The summed E-state index contributed by atoms with van der Waals surface area (Å²) in [4.78, 5) is 0. The van der Waals surface area contributed by atoms with Gasteiger partial charge in [-0.15, -0.1) is 0 Å². The second-order valence-corrected chi connectivity index (χ2v) is 2.65. The highest BCUT2D eigenvalue weighted by atomic mass is 16.5. The van der Waals surface area contributed by atoms with Crippen molar-refractivity contribution in [3.05, 3.63) is 0 Å². The molecule has 0 bridgehead atoms. The van der Waals surface area contributed by atoms with Crippen molar-refractivity contribution < 1.29 is 9.84 Å². The number of hydrogen-bond donors (Lipinski definition) is 2. The first-order valence-corrected chi connectivity index (χ1v) is 3.63. The molecule has 0 spiro atoms. The minimum absolute atomic E-state index is 0.0428. The zero-order valence-corrected chi connectivity index (χ0v) is 6.18. The highest BCUT2D eigenvalue weighted by Crippen LogP contribution is 2.32. The monoisotopic (exact) mass is 143 g/mol. The van der Waals surface area contributed by atoms with Crippen molar-refractivity contribution in [2.24, 2.45) is 0 Å². The standard InChI is InChI=1S/C7H13NO2/c1-2-10-6(8)7(9)4-3-5-7/h8-9H,2-5H2,1H3. The maximum absolute atomic E-state index is 9.46. The molecular formula is C7H13NO2. The summed E-state index contributed by atoms with van der Waals surface area (Å²) in [5, 5.41) is 16.7. The smallest absolute Gasteiger partial charge is 0.213 e. The predicted octanol–water partition coefficient (Wildman–Crippen LogP) is 0.915. The van der Waals surface area contributed by atoms with E-state index in [0.717, 1.165) is 6.42 Å². The molecule has 1 fully saturated rings. The third-order valence-corrected chi connectivity index (χ3v) is 1.89. The Morgan fingerprint density at radius 2 is 2.30 bits per heavy atom. The normalized spacial score (nSPS) is 21.4. The fraction of sp³-hybridized carbons (Fsp3) is 0.857. The molecule has 1 saturated carbocycles. The van der Waals surface area contributed by atoms with Crippen LogP contribution in [0.3, 0.4) is 0 Å². The van der Waals surface area contributed by atoms with E-state index in [1.54, 1.807) is 0 Å². The average Bonchev–Trinajstić information content (AvgIpc) is 1.83. The van der Waals surface area contributed by atoms with Gasteiger partial charge >= 0.3 is 0 Å². The number of ether oxygens (including phenoxy) is 1. The molecule has 0 unspecified atom stereocenters. The molecule has 0 aromatic rings. The van der Waals surface area contributed by atoms with Crippen molar-refractivity contribution in [1.82, 2.24) is 0 Å². The molecule has 0 amide bonds. The molecule has 0 aliphatic heterocycles. The van der Waals surface area contributed by atoms with Crippen LogP contribution < -0.4 is 0 Å². The van der Waals surface area contributed by atoms with Crippen molar-refractivity contribution >= 4 is 5.90 Å². The van der Waals surface area contributed by atoms with Gasteiger partial charge in [-0.2, -0.15) is 0 Å². The predicted molar refractivity (Wildman–Crippen MR) is 38.2 cm³/mol. The Morgan fingerprint density at radius 1 is 1.70 bits per heavy atom. The summed E-state index contributed by atoms with van der Waals surface area (Å²) in [6.45, 7) is 2.29. The van der Waals surface area contributed by atoms with Gasteiger partial charge in [-0.1, -0.05) is 0 Å². The van der Waals surface area contributed by atoms with Gasteiger partial charge in [0.15, 0.2) is 0 Å². The first-order chi connectivity index (χ1) is 4.69. The Kier molecular flexibility index (Phi) is 1.94. The van der Waals surface area contributed by atoms with Crippen molar-refractivity contribution in [3.63, 3.8) is 0 Å². The zero-order valence-electron chi connectivity index (χ0n) is 6.18. The summed E-state index contributed by atoms with van der Waals surface area (Å²) >= 11 is 0. The maximum atomic E-state index is 9.46. The van der Waals surface area contributed by atoms with Gasteiger partial charge < -0.3 is 9.84 Å². The second-order valence-electron chi connectivity index (χ2n) is 2.65. The van der Waals surface area contributed by atoms with Gasteiger partial charge in [-0.3, -0.25) is 5.41 Å². The lowest BCUT2D eigenvalue weighted by atomic mass is 9.80. The second kappa shape index (κ2) is 2.58. The van der Waals surface area contributed by atoms with Crippen LogP contribution in [-0.2, 0) is 4.74 Å². The van der Waals surface area contributed by atoms with E-state index < -0.39 is 5.60 Å². The third kappa shape index (κ3) is 1.14. The Hall–Kier alpha value is -0.570. The molecule has 1 rings (SSSR count). The van der Waals surface area contributed by atoms with E-state index in [1.165, 1.54) is 0 Å². The molecule has 0 atom stereocenters. The first kappa shape index (κ1) is 7.54. The van der Waals surface area contributed by atoms with Crippen molar-refractivity contribution in [2.75, 3.05) is 6.61 Å². The van der Waals surface area contributed by atoms with E-state index in [-0.39, 0.29) is 5.90 Å². The highest BCUT2D eigenvalue weighted by Gasteiger charge is 2.40. The molecule has 0 aromatic carbocycles. The average molecular weight is 143 g/mol. The van der Waals surface area contributed by atoms with E-state index in [9.17, 15) is 5.11 Å². The van der Waals surface area contributed by atoms with Crippen LogP contribution in [0.25, 0.3) is 0 Å². The molecule has 10 heavy (non-hydrogen) atoms. The lowest BCUT2D eigenvalue weighted by Gasteiger charge is -2.35. The quantitative estimate of drug-likeness (QED) is 0.446. The summed E-state index contributed by atoms with van der Waals surface area (Å²) in [5.74, 6) is 0.0428. The minimum Gasteiger partial charge on any atom is -0.479 e. The minimum atomic E-state index is -0.907. The van der Waals surface area contributed by atoms with Crippen LogP contribution in [0.4, 0.5) is 0 Å². The molecule has 0 aromatic heterocycles. The van der Waals surface area contributed by atoms with Gasteiger partial charge in [0, 0.05) is 0 Å². The Morgan fingerprint density at radius 3 is 2.60 bits per heavy atom. The van der Waals surface area contributed by atoms with Gasteiger partial charge in [0.25, 0.3) is 0 Å². The molecule has 0 heterocycles. The molecular weight excluding hydrogens is 130 g/mol. The fourth-order valence-corrected chi connectivity index (χ4v) is 1.02. The van der Waals surface area contributed by atoms with Gasteiger partial charge in [0.05, 0.1) is 6.61 Å². The Bertz CT molecular complexity index is 141. The molecule has 3 nitrogen and oxygen atoms in total. The Balaban J connectivity index is 2.39. The van der Waals surface area contributed by atoms with E-state index in [0.29, 0.717) is 19.4 Å². The van der Waals surface area contributed by atoms with Gasteiger partial charge in [0.1, 0.15) is 5.60 Å². The van der Waals surface area contributed by atoms with Crippen LogP contribution in [-0.4, -0.2) is 23.2 Å². The molecule has 58 valence electrons. The summed E-state index contributed by atoms with van der Waals surface area (Å²) in [6.07, 6.45) is 2.38. The number of hydrogen-bond acceptors (Lipinski definition) is 3. The van der Waals surface area contributed by atoms with Crippen LogP contribution in [0.15, 0.2) is 0 Å². The number of nitrogens with one attached hydrogen (secondary N) is 1. The molecule has 0 radical (unpaired) electrons. The Labute approximate surface area is 60.5 Å². The van der Waals surface area contributed by atoms with E-state index in [2.05, 4.69) is 0 Å². The molecule has 1 aliphatic rings. The SMILES string of the molecule is CCOC(=N)C1(O)CCC1. The lowest BCUT2D eigenvalue weighted by molar-refractivity contribution is 0.00936. The largest absolute Gasteiger partial charge is 0.479 e. The van der Waals surface area contributed by atoms with Crippen molar-refractivity contribution in [3.8, 4) is 0 Å². The molecule has 0 saturated heterocycles. The summed E-state index contributed by atoms with van der Waals surface area (Å²) in [7, 11) is 0. The molecule has 1 aliphatic carbocycles. The van der Waals surface area contributed by atoms with Crippen molar-refractivity contribution in [2.45, 2.75) is 31.8 Å². The van der Waals surface area contributed by atoms with Crippen LogP contribution in [0.1, 0.15) is 26.2 Å². The van der Waals surface area contributed by atoms with E-state index in [1.807, 2.05) is 6.92 Å². The topological polar surface area (TPSA) is 53.3 Å². The van der Waals surface area contributed by atoms with Crippen molar-refractivity contribution in [1.29, 1.82) is 5.41 Å². The maximum Gasteiger partial charge on any atom is 0.213 e. The van der Waals surface area contributed by atoms with E-state index in [4.69, 9.17) is 10.1 Å². The van der Waals surface area contributed by atoms with Crippen LogP contribution in [0.5, 0.6) is 0 Å². The summed E-state index contributed by atoms with van der Waals surface area (Å²) in [5.41, 5.74) is -0.907. The van der Waals surface area contributed by atoms with Gasteiger partial charge in [-0.05, 0) is 26.2 Å². The molecule has 2 N–H and O–H groups in total. The summed E-state index contributed by atoms with van der Waals surface area (Å²) in [6, 6.07) is 0. The summed E-state index contributed by atoms with van der Waals surface area (Å²) < 4.78 is 4.88. The van der Waals surface area contributed by atoms with Gasteiger partial charge in [0.2, 0.25) is 5.90 Å². The van der Waals surface area contributed by atoms with Crippen LogP contribution >= 0.6 is 0 Å². The van der Waals surface area contributed by atoms with Crippen LogP contribution in [0, 0.1) is 5.41 Å². The first-order valence-electron chi connectivity index (χ1n) is 3.63. The highest BCUT2D eigenvalue weighted by molar-refractivity contribution is 5.82. The molecule has 3 heteroatoms. The van der Waals surface area contributed by atoms with Gasteiger partial charge in [-0.25, -0.2) is 0 Å². The number of rotatable bonds is 2. The third-order valence-electron chi connectivity index (χ3n) is 1.89. The number of aliphatic hydroxyl groups is 1. The van der Waals surface area contributed by atoms with Crippen LogP contribution in [0.2, 0.25) is 0 Å². The van der Waals surface area contributed by atoms with E-state index >= 15 is 0 Å². The zero-order chi connectivity index (χ0) is 7.61.